The maximum absolute atomic E-state index is 6.00. The number of para-hydroxylation sites is 2. The number of allylic oxidation sites excluding steroid dienone is 3. The van der Waals surface area contributed by atoms with Gasteiger partial charge < -0.3 is 15.2 Å². The van der Waals surface area contributed by atoms with Crippen molar-refractivity contribution in [2.45, 2.75) is 38.5 Å². The van der Waals surface area contributed by atoms with Crippen LogP contribution in [0.15, 0.2) is 206 Å². The molecule has 0 amide bonds. The normalized spacial score (nSPS) is 14.8. The molecule has 286 valence electrons. The third-order valence-electron chi connectivity index (χ3n) is 12.1. The van der Waals surface area contributed by atoms with Crippen LogP contribution in [0.2, 0.25) is 0 Å². The number of aromatic nitrogens is 1. The quantitative estimate of drug-likeness (QED) is 0.183. The van der Waals surface area contributed by atoms with Crippen LogP contribution in [0.5, 0.6) is 0 Å². The van der Waals surface area contributed by atoms with E-state index in [2.05, 4.69) is 168 Å². The van der Waals surface area contributed by atoms with E-state index in [1.54, 1.807) is 0 Å². The van der Waals surface area contributed by atoms with Gasteiger partial charge in [-0.3, -0.25) is 0 Å². The van der Waals surface area contributed by atoms with Gasteiger partial charge in [0, 0.05) is 39.5 Å². The molecule has 9 aromatic rings. The number of anilines is 2. The highest BCUT2D eigenvalue weighted by Gasteiger charge is 2.36. The summed E-state index contributed by atoms with van der Waals surface area (Å²) < 4.78 is 2.39. The molecule has 0 bridgehead atoms. The Kier molecular flexibility index (Phi) is 9.64. The van der Waals surface area contributed by atoms with E-state index >= 15 is 0 Å². The first-order chi connectivity index (χ1) is 29.1. The van der Waals surface area contributed by atoms with Crippen molar-refractivity contribution in [2.24, 2.45) is 5.73 Å². The number of nitrogens with two attached hydrogens (primary N) is 1. The molecule has 3 heteroatoms. The summed E-state index contributed by atoms with van der Waals surface area (Å²) in [5.41, 5.74) is 22.2. The molecule has 1 aliphatic carbocycles. The van der Waals surface area contributed by atoms with E-state index in [1.165, 1.54) is 96.0 Å². The van der Waals surface area contributed by atoms with E-state index < -0.39 is 0 Å². The molecule has 1 atom stereocenters. The minimum Gasteiger partial charge on any atom is -0.398 e. The zero-order chi connectivity index (χ0) is 39.7. The van der Waals surface area contributed by atoms with Crippen molar-refractivity contribution in [2.75, 3.05) is 4.90 Å². The Balaban J connectivity index is 0.000000221. The highest BCUT2D eigenvalue weighted by molar-refractivity contribution is 6.10. The van der Waals surface area contributed by atoms with Gasteiger partial charge in [-0.2, -0.15) is 0 Å². The average Bonchev–Trinajstić information content (AvgIpc) is 3.81. The summed E-state index contributed by atoms with van der Waals surface area (Å²) in [5, 5.41) is 5.17. The van der Waals surface area contributed by atoms with Crippen molar-refractivity contribution in [1.29, 1.82) is 0 Å². The number of benzene rings is 8. The summed E-state index contributed by atoms with van der Waals surface area (Å²) in [7, 11) is 0. The molecule has 3 nitrogen and oxygen atoms in total. The minimum atomic E-state index is 0.470. The first-order valence-electron chi connectivity index (χ1n) is 20.9. The molecule has 1 aliphatic heterocycles. The van der Waals surface area contributed by atoms with Crippen molar-refractivity contribution in [3.8, 4) is 16.8 Å². The van der Waals surface area contributed by atoms with E-state index in [-0.39, 0.29) is 0 Å². The molecular formula is C56H47N3. The lowest BCUT2D eigenvalue weighted by Crippen LogP contribution is -2.15. The van der Waals surface area contributed by atoms with E-state index in [9.17, 15) is 0 Å². The van der Waals surface area contributed by atoms with Gasteiger partial charge in [-0.25, -0.2) is 0 Å². The second-order valence-electron chi connectivity index (χ2n) is 15.9. The molecule has 2 N–H and O–H groups in total. The Morgan fingerprint density at radius 3 is 2.14 bits per heavy atom. The SMILES string of the molecule is Cc1ccc2ccc(N3C4=CCCCC4c4ccc(-c5ccc6c(c5)c5ccccc5n6-c5ccccc5)cc43)cc2c1.N/C(=C\Cc1ccccc1)c1ccccc1. The fourth-order valence-electron chi connectivity index (χ4n) is 9.15. The van der Waals surface area contributed by atoms with Crippen LogP contribution in [0.25, 0.3) is 55.1 Å². The van der Waals surface area contributed by atoms with Gasteiger partial charge in [-0.15, -0.1) is 0 Å². The molecule has 11 rings (SSSR count). The monoisotopic (exact) mass is 761 g/mol. The van der Waals surface area contributed by atoms with Crippen LogP contribution in [0.3, 0.4) is 0 Å². The Morgan fingerprint density at radius 2 is 1.31 bits per heavy atom. The van der Waals surface area contributed by atoms with Gasteiger partial charge in [0.1, 0.15) is 0 Å². The van der Waals surface area contributed by atoms with Gasteiger partial charge in [0.15, 0.2) is 0 Å². The first-order valence-corrected chi connectivity index (χ1v) is 20.9. The number of fused-ring (bicyclic) bond motifs is 7. The average molecular weight is 762 g/mol. The third kappa shape index (κ3) is 7.00. The van der Waals surface area contributed by atoms with Crippen LogP contribution in [0.1, 0.15) is 47.4 Å². The van der Waals surface area contributed by atoms with E-state index in [0.29, 0.717) is 5.92 Å². The highest BCUT2D eigenvalue weighted by atomic mass is 15.2. The fourth-order valence-corrected chi connectivity index (χ4v) is 9.15. The van der Waals surface area contributed by atoms with Gasteiger partial charge in [0.05, 0.1) is 16.7 Å². The molecule has 1 aromatic heterocycles. The number of hydrogen-bond acceptors (Lipinski definition) is 2. The Morgan fingerprint density at radius 1 is 0.610 bits per heavy atom. The molecule has 1 unspecified atom stereocenters. The van der Waals surface area contributed by atoms with Crippen LogP contribution >= 0.6 is 0 Å². The molecule has 2 aliphatic rings. The Hall–Kier alpha value is -7.10. The van der Waals surface area contributed by atoms with Crippen LogP contribution < -0.4 is 10.6 Å². The molecule has 0 saturated heterocycles. The van der Waals surface area contributed by atoms with Crippen molar-refractivity contribution in [3.05, 3.63) is 228 Å². The van der Waals surface area contributed by atoms with Gasteiger partial charge in [0.25, 0.3) is 0 Å². The molecule has 0 fully saturated rings. The van der Waals surface area contributed by atoms with E-state index in [4.69, 9.17) is 5.73 Å². The lowest BCUT2D eigenvalue weighted by Gasteiger charge is -2.26. The molecular weight excluding hydrogens is 715 g/mol. The van der Waals surface area contributed by atoms with Gasteiger partial charge in [-0.1, -0.05) is 157 Å². The summed E-state index contributed by atoms with van der Waals surface area (Å²) in [6.07, 6.45) is 9.04. The second-order valence-corrected chi connectivity index (χ2v) is 15.9. The number of aryl methyl sites for hydroxylation is 1. The molecule has 2 heterocycles. The molecule has 59 heavy (non-hydrogen) atoms. The predicted octanol–water partition coefficient (Wildman–Crippen LogP) is 14.4. The molecule has 0 spiro atoms. The number of hydrogen-bond donors (Lipinski definition) is 1. The largest absolute Gasteiger partial charge is 0.398 e. The molecule has 8 aromatic carbocycles. The van der Waals surface area contributed by atoms with Crippen LogP contribution in [0, 0.1) is 6.92 Å². The van der Waals surface area contributed by atoms with Crippen molar-refractivity contribution < 1.29 is 0 Å². The summed E-state index contributed by atoms with van der Waals surface area (Å²) in [4.78, 5) is 2.55. The van der Waals surface area contributed by atoms with E-state index in [0.717, 1.165) is 24.1 Å². The minimum absolute atomic E-state index is 0.470. The lowest BCUT2D eigenvalue weighted by atomic mass is 9.88. The number of nitrogens with zero attached hydrogens (tertiary/aromatic N) is 2. The van der Waals surface area contributed by atoms with Crippen LogP contribution in [0.4, 0.5) is 11.4 Å². The van der Waals surface area contributed by atoms with Crippen molar-refractivity contribution in [1.82, 2.24) is 4.57 Å². The maximum Gasteiger partial charge on any atom is 0.0541 e. The lowest BCUT2D eigenvalue weighted by molar-refractivity contribution is 0.634. The van der Waals surface area contributed by atoms with Gasteiger partial charge >= 0.3 is 0 Å². The third-order valence-corrected chi connectivity index (χ3v) is 12.1. The molecule has 0 radical (unpaired) electrons. The van der Waals surface area contributed by atoms with Gasteiger partial charge in [-0.05, 0) is 120 Å². The Labute approximate surface area is 347 Å². The Bertz CT molecular complexity index is 3010. The van der Waals surface area contributed by atoms with Crippen LogP contribution in [-0.2, 0) is 6.42 Å². The van der Waals surface area contributed by atoms with Gasteiger partial charge in [0.2, 0.25) is 0 Å². The zero-order valence-electron chi connectivity index (χ0n) is 33.4. The maximum atomic E-state index is 6.00. The van der Waals surface area contributed by atoms with E-state index in [1.807, 2.05) is 48.5 Å². The second kappa shape index (κ2) is 15.7. The van der Waals surface area contributed by atoms with Crippen molar-refractivity contribution in [3.63, 3.8) is 0 Å². The number of rotatable bonds is 6. The zero-order valence-corrected chi connectivity index (χ0v) is 33.4. The first kappa shape index (κ1) is 36.3. The predicted molar refractivity (Wildman–Crippen MR) is 250 cm³/mol. The topological polar surface area (TPSA) is 34.2 Å². The summed E-state index contributed by atoms with van der Waals surface area (Å²) >= 11 is 0. The fraction of sp³-hybridized carbons (Fsp3) is 0.107. The summed E-state index contributed by atoms with van der Waals surface area (Å²) in [5.74, 6) is 0.470. The van der Waals surface area contributed by atoms with Crippen molar-refractivity contribution >= 4 is 49.7 Å². The molecule has 0 saturated carbocycles. The summed E-state index contributed by atoms with van der Waals surface area (Å²) in [6, 6.07) is 67.7. The summed E-state index contributed by atoms with van der Waals surface area (Å²) in [6.45, 7) is 2.18. The highest BCUT2D eigenvalue weighted by Crippen LogP contribution is 2.53. The standard InChI is InChI=1S/C41H32N2.C15H15N/c1-27-15-16-28-17-20-33(24-31(28)23-27)43-38-13-7-5-11-34(38)36-21-18-30(26-41(36)43)29-19-22-40-37(25-29)35-12-6-8-14-39(35)42(40)32-9-3-2-4-10-32;16-15(14-9-5-2-6-10-14)12-11-13-7-3-1-4-8-13/h2-4,6,8-10,12-26,34H,5,7,11H2,1H3;1-10,12H,11,16H2/b;15-12-. The van der Waals surface area contributed by atoms with Crippen LogP contribution in [-0.4, -0.2) is 4.57 Å². The smallest absolute Gasteiger partial charge is 0.0541 e.